The first-order valence-corrected chi connectivity index (χ1v) is 11.7. The number of nitrogens with one attached hydrogen (secondary N) is 2. The fourth-order valence-electron chi connectivity index (χ4n) is 2.87. The summed E-state index contributed by atoms with van der Waals surface area (Å²) in [6.45, 7) is 7.89. The van der Waals surface area contributed by atoms with Crippen LogP contribution in [-0.2, 0) is 27.5 Å². The number of rotatable bonds is 8. The highest BCUT2D eigenvalue weighted by Gasteiger charge is 2.21. The first kappa shape index (κ1) is 22.9. The molecule has 0 saturated heterocycles. The molecule has 2 aromatic carbocycles. The maximum Gasteiger partial charge on any atom is 0.191 e. The minimum atomic E-state index is -3.04. The predicted octanol–water partition coefficient (Wildman–Crippen LogP) is 3.40. The van der Waals surface area contributed by atoms with Gasteiger partial charge in [-0.25, -0.2) is 17.8 Å². The van der Waals surface area contributed by atoms with Crippen molar-refractivity contribution >= 4 is 15.8 Å². The van der Waals surface area contributed by atoms with Gasteiger partial charge in [0.15, 0.2) is 15.8 Å². The van der Waals surface area contributed by atoms with Crippen molar-refractivity contribution < 1.29 is 12.8 Å². The number of aliphatic imine (C=N–C) groups is 1. The highest BCUT2D eigenvalue weighted by Crippen LogP contribution is 2.22. The molecule has 2 N–H and O–H groups in total. The van der Waals surface area contributed by atoms with E-state index >= 15 is 0 Å². The van der Waals surface area contributed by atoms with Crippen molar-refractivity contribution in [2.24, 2.45) is 4.99 Å². The molecule has 7 heteroatoms. The van der Waals surface area contributed by atoms with E-state index in [2.05, 4.69) is 29.5 Å². The topological polar surface area (TPSA) is 70.6 Å². The van der Waals surface area contributed by atoms with Crippen LogP contribution in [0.4, 0.5) is 4.39 Å². The van der Waals surface area contributed by atoms with Crippen LogP contribution < -0.4 is 10.6 Å². The average molecular weight is 420 g/mol. The smallest absolute Gasteiger partial charge is 0.191 e. The molecule has 0 saturated carbocycles. The molecule has 0 bridgehead atoms. The van der Waals surface area contributed by atoms with Gasteiger partial charge in [-0.2, -0.15) is 0 Å². The molecule has 0 spiro atoms. The second kappa shape index (κ2) is 9.87. The minimum absolute atomic E-state index is 0.0376. The SMILES string of the molecule is CCNC(=NCc1ccc(CS(C)(=O)=O)cc1)NCC(C)(C)c1cccc(F)c1. The Kier molecular flexibility index (Phi) is 7.79. The Morgan fingerprint density at radius 1 is 1.07 bits per heavy atom. The average Bonchev–Trinajstić information content (AvgIpc) is 2.64. The number of hydrogen-bond acceptors (Lipinski definition) is 3. The van der Waals surface area contributed by atoms with E-state index in [1.807, 2.05) is 37.3 Å². The van der Waals surface area contributed by atoms with E-state index in [0.29, 0.717) is 19.0 Å². The highest BCUT2D eigenvalue weighted by atomic mass is 32.2. The Morgan fingerprint density at radius 3 is 2.31 bits per heavy atom. The highest BCUT2D eigenvalue weighted by molar-refractivity contribution is 7.89. The van der Waals surface area contributed by atoms with Crippen molar-refractivity contribution in [3.05, 3.63) is 71.0 Å². The standard InChI is InChI=1S/C22H30FN3O2S/c1-5-24-21(26-16-22(2,3)19-7-6-8-20(23)13-19)25-14-17-9-11-18(12-10-17)15-29(4,27)28/h6-13H,5,14-16H2,1-4H3,(H2,24,25,26). The molecule has 0 unspecified atom stereocenters. The maximum atomic E-state index is 13.6. The van der Waals surface area contributed by atoms with Crippen molar-refractivity contribution in [2.45, 2.75) is 38.5 Å². The van der Waals surface area contributed by atoms with Gasteiger partial charge < -0.3 is 10.6 Å². The van der Waals surface area contributed by atoms with Crippen molar-refractivity contribution in [3.8, 4) is 0 Å². The minimum Gasteiger partial charge on any atom is -0.357 e. The zero-order valence-corrected chi connectivity index (χ0v) is 18.3. The Hall–Kier alpha value is -2.41. The van der Waals surface area contributed by atoms with Crippen molar-refractivity contribution in [1.29, 1.82) is 0 Å². The molecule has 0 atom stereocenters. The van der Waals surface area contributed by atoms with Crippen LogP contribution in [0.5, 0.6) is 0 Å². The summed E-state index contributed by atoms with van der Waals surface area (Å²) in [5.74, 6) is 0.475. The predicted molar refractivity (Wildman–Crippen MR) is 117 cm³/mol. The van der Waals surface area contributed by atoms with Crippen molar-refractivity contribution in [2.75, 3.05) is 19.3 Å². The number of hydrogen-bond donors (Lipinski definition) is 2. The van der Waals surface area contributed by atoms with Gasteiger partial charge in [-0.3, -0.25) is 0 Å². The zero-order chi connectivity index (χ0) is 21.5. The van der Waals surface area contributed by atoms with Gasteiger partial charge in [-0.15, -0.1) is 0 Å². The largest absolute Gasteiger partial charge is 0.357 e. The van der Waals surface area contributed by atoms with Gasteiger partial charge in [0, 0.05) is 24.8 Å². The summed E-state index contributed by atoms with van der Waals surface area (Å²) in [6, 6.07) is 14.1. The van der Waals surface area contributed by atoms with Gasteiger partial charge in [0.25, 0.3) is 0 Å². The first-order valence-electron chi connectivity index (χ1n) is 9.63. The molecule has 0 aliphatic carbocycles. The van der Waals surface area contributed by atoms with E-state index in [4.69, 9.17) is 0 Å². The molecule has 0 fully saturated rings. The lowest BCUT2D eigenvalue weighted by molar-refractivity contribution is 0.503. The second-order valence-corrected chi connectivity index (χ2v) is 9.97. The molecule has 0 aliphatic rings. The van der Waals surface area contributed by atoms with Gasteiger partial charge in [0.05, 0.1) is 12.3 Å². The molecular weight excluding hydrogens is 389 g/mol. The molecule has 0 amide bonds. The van der Waals surface area contributed by atoms with Gasteiger partial charge in [0.1, 0.15) is 5.82 Å². The number of benzene rings is 2. The van der Waals surface area contributed by atoms with Crippen LogP contribution in [0.3, 0.4) is 0 Å². The van der Waals surface area contributed by atoms with Crippen LogP contribution in [0.15, 0.2) is 53.5 Å². The molecule has 2 aromatic rings. The third-order valence-electron chi connectivity index (χ3n) is 4.52. The monoisotopic (exact) mass is 419 g/mol. The lowest BCUT2D eigenvalue weighted by Gasteiger charge is -2.27. The number of nitrogens with zero attached hydrogens (tertiary/aromatic N) is 1. The summed E-state index contributed by atoms with van der Waals surface area (Å²) in [5, 5.41) is 6.54. The van der Waals surface area contributed by atoms with Crippen LogP contribution in [-0.4, -0.2) is 33.7 Å². The second-order valence-electron chi connectivity index (χ2n) is 7.83. The molecule has 0 radical (unpaired) electrons. The molecule has 5 nitrogen and oxygen atoms in total. The van der Waals surface area contributed by atoms with Crippen molar-refractivity contribution in [1.82, 2.24) is 10.6 Å². The summed E-state index contributed by atoms with van der Waals surface area (Å²) in [4.78, 5) is 4.60. The fraction of sp³-hybridized carbons (Fsp3) is 0.409. The van der Waals surface area contributed by atoms with Gasteiger partial charge in [0.2, 0.25) is 0 Å². The van der Waals surface area contributed by atoms with E-state index in [0.717, 1.165) is 23.2 Å². The quantitative estimate of drug-likeness (QED) is 0.508. The maximum absolute atomic E-state index is 13.6. The molecule has 0 heterocycles. The summed E-state index contributed by atoms with van der Waals surface area (Å²) in [5.41, 5.74) is 2.40. The van der Waals surface area contributed by atoms with E-state index < -0.39 is 9.84 Å². The lowest BCUT2D eigenvalue weighted by Crippen LogP contribution is -2.43. The van der Waals surface area contributed by atoms with E-state index in [-0.39, 0.29) is 17.0 Å². The first-order chi connectivity index (χ1) is 13.6. The number of guanidine groups is 1. The summed E-state index contributed by atoms with van der Waals surface area (Å²) in [6.07, 6.45) is 1.23. The fourth-order valence-corrected chi connectivity index (χ4v) is 3.67. The molecule has 0 aliphatic heterocycles. The van der Waals surface area contributed by atoms with Gasteiger partial charge in [-0.05, 0) is 35.7 Å². The third-order valence-corrected chi connectivity index (χ3v) is 5.38. The third kappa shape index (κ3) is 7.85. The van der Waals surface area contributed by atoms with Crippen molar-refractivity contribution in [3.63, 3.8) is 0 Å². The number of halogens is 1. The lowest BCUT2D eigenvalue weighted by atomic mass is 9.84. The Balaban J connectivity index is 2.02. The van der Waals surface area contributed by atoms with Gasteiger partial charge in [-0.1, -0.05) is 50.2 Å². The Morgan fingerprint density at radius 2 is 1.72 bits per heavy atom. The van der Waals surface area contributed by atoms with Crippen LogP contribution >= 0.6 is 0 Å². The van der Waals surface area contributed by atoms with Crippen LogP contribution in [0.25, 0.3) is 0 Å². The zero-order valence-electron chi connectivity index (χ0n) is 17.5. The molecule has 29 heavy (non-hydrogen) atoms. The van der Waals surface area contributed by atoms with Gasteiger partial charge >= 0.3 is 0 Å². The molecule has 0 aromatic heterocycles. The number of sulfone groups is 1. The summed E-state index contributed by atoms with van der Waals surface area (Å²) in [7, 11) is -3.04. The van der Waals surface area contributed by atoms with E-state index in [1.165, 1.54) is 12.3 Å². The molecular formula is C22H30FN3O2S. The molecule has 158 valence electrons. The summed E-state index contributed by atoms with van der Waals surface area (Å²) < 4.78 is 36.3. The van der Waals surface area contributed by atoms with E-state index in [1.54, 1.807) is 12.1 Å². The van der Waals surface area contributed by atoms with Crippen LogP contribution in [0.1, 0.15) is 37.5 Å². The van der Waals surface area contributed by atoms with Crippen LogP contribution in [0, 0.1) is 5.82 Å². The molecule has 2 rings (SSSR count). The van der Waals surface area contributed by atoms with Crippen LogP contribution in [0.2, 0.25) is 0 Å². The summed E-state index contributed by atoms with van der Waals surface area (Å²) >= 11 is 0. The Labute approximate surface area is 173 Å². The van der Waals surface area contributed by atoms with E-state index in [9.17, 15) is 12.8 Å². The normalized spacial score (nSPS) is 12.7. The Bertz CT molecular complexity index is 939.